The van der Waals surface area contributed by atoms with Gasteiger partial charge >= 0.3 is 0 Å². The van der Waals surface area contributed by atoms with E-state index in [9.17, 15) is 4.79 Å². The summed E-state index contributed by atoms with van der Waals surface area (Å²) < 4.78 is 5.46. The molecule has 1 saturated carbocycles. The first-order chi connectivity index (χ1) is 16.2. The summed E-state index contributed by atoms with van der Waals surface area (Å²) in [6.45, 7) is 7.55. The largest absolute Gasteiger partial charge is 0.381 e. The molecule has 2 aliphatic heterocycles. The van der Waals surface area contributed by atoms with Gasteiger partial charge in [-0.3, -0.25) is 9.78 Å². The van der Waals surface area contributed by atoms with Gasteiger partial charge in [0, 0.05) is 56.7 Å². The van der Waals surface area contributed by atoms with Crippen molar-refractivity contribution in [3.63, 3.8) is 0 Å². The molecule has 0 bridgehead atoms. The Morgan fingerprint density at radius 3 is 2.64 bits per heavy atom. The van der Waals surface area contributed by atoms with E-state index in [-0.39, 0.29) is 5.92 Å². The Labute approximate surface area is 198 Å². The van der Waals surface area contributed by atoms with E-state index in [4.69, 9.17) is 4.74 Å². The highest BCUT2D eigenvalue weighted by Crippen LogP contribution is 2.31. The van der Waals surface area contributed by atoms with Crippen molar-refractivity contribution in [1.29, 1.82) is 0 Å². The standard InChI is InChI=1S/C25H31N3O2.C3H8/c29-25(20-5-6-24(15-20)27-23-8-12-30-13-9-23)28-11-7-18-3-4-19(14-22(18)17-28)21-2-1-10-26-16-21;1-3-2/h1-4,10,14,16,20,23-24,27H,5-9,11-13,15,17H2;3H2,1-2H3/t20-,24+;/m0./s1. The summed E-state index contributed by atoms with van der Waals surface area (Å²) in [5.74, 6) is 0.522. The number of hydrogen-bond acceptors (Lipinski definition) is 4. The average molecular weight is 450 g/mol. The van der Waals surface area contributed by atoms with E-state index in [1.54, 1.807) is 6.20 Å². The molecule has 5 heteroatoms. The molecule has 1 aliphatic carbocycles. The van der Waals surface area contributed by atoms with Crippen LogP contribution in [0.3, 0.4) is 0 Å². The Morgan fingerprint density at radius 2 is 1.88 bits per heavy atom. The van der Waals surface area contributed by atoms with E-state index in [1.807, 2.05) is 12.3 Å². The van der Waals surface area contributed by atoms with E-state index in [2.05, 4.69) is 53.3 Å². The van der Waals surface area contributed by atoms with Crippen molar-refractivity contribution in [2.75, 3.05) is 19.8 Å². The van der Waals surface area contributed by atoms with Crippen LogP contribution in [-0.4, -0.2) is 47.6 Å². The van der Waals surface area contributed by atoms with E-state index in [1.165, 1.54) is 23.1 Å². The van der Waals surface area contributed by atoms with Gasteiger partial charge in [-0.05, 0) is 72.9 Å². The van der Waals surface area contributed by atoms with Crippen molar-refractivity contribution in [1.82, 2.24) is 15.2 Å². The van der Waals surface area contributed by atoms with Crippen LogP contribution in [0.15, 0.2) is 42.7 Å². The number of pyridine rings is 1. The van der Waals surface area contributed by atoms with Crippen LogP contribution < -0.4 is 5.32 Å². The minimum Gasteiger partial charge on any atom is -0.381 e. The van der Waals surface area contributed by atoms with Crippen molar-refractivity contribution in [3.05, 3.63) is 53.9 Å². The summed E-state index contributed by atoms with van der Waals surface area (Å²) in [5, 5.41) is 3.79. The number of fused-ring (bicyclic) bond motifs is 1. The highest BCUT2D eigenvalue weighted by molar-refractivity contribution is 5.79. The van der Waals surface area contributed by atoms with Gasteiger partial charge < -0.3 is 15.0 Å². The third-order valence-electron chi connectivity index (χ3n) is 7.00. The van der Waals surface area contributed by atoms with Crippen molar-refractivity contribution >= 4 is 5.91 Å². The summed E-state index contributed by atoms with van der Waals surface area (Å²) in [7, 11) is 0. The number of benzene rings is 1. The number of hydrogen-bond donors (Lipinski definition) is 1. The molecule has 2 fully saturated rings. The molecule has 0 radical (unpaired) electrons. The second-order valence-electron chi connectivity index (χ2n) is 9.70. The van der Waals surface area contributed by atoms with E-state index in [0.717, 1.165) is 70.4 Å². The van der Waals surface area contributed by atoms with Gasteiger partial charge in [-0.25, -0.2) is 0 Å². The van der Waals surface area contributed by atoms with Gasteiger partial charge in [0.2, 0.25) is 5.91 Å². The summed E-state index contributed by atoms with van der Waals surface area (Å²) in [4.78, 5) is 19.6. The van der Waals surface area contributed by atoms with E-state index >= 15 is 0 Å². The molecule has 1 aromatic heterocycles. The third-order valence-corrected chi connectivity index (χ3v) is 7.00. The molecule has 5 nitrogen and oxygen atoms in total. The topological polar surface area (TPSA) is 54.5 Å². The maximum atomic E-state index is 13.3. The zero-order valence-electron chi connectivity index (χ0n) is 20.3. The van der Waals surface area contributed by atoms with Gasteiger partial charge in [0.05, 0.1) is 0 Å². The highest BCUT2D eigenvalue weighted by Gasteiger charge is 2.34. The molecule has 1 saturated heterocycles. The van der Waals surface area contributed by atoms with Crippen LogP contribution in [0.2, 0.25) is 0 Å². The Hall–Kier alpha value is -2.24. The first-order valence-corrected chi connectivity index (χ1v) is 12.8. The van der Waals surface area contributed by atoms with Gasteiger partial charge in [0.25, 0.3) is 0 Å². The number of nitrogens with one attached hydrogen (secondary N) is 1. The van der Waals surface area contributed by atoms with Crippen LogP contribution in [0, 0.1) is 5.92 Å². The fourth-order valence-electron chi connectivity index (χ4n) is 5.27. The second-order valence-corrected chi connectivity index (χ2v) is 9.70. The van der Waals surface area contributed by atoms with E-state index in [0.29, 0.717) is 18.0 Å². The van der Waals surface area contributed by atoms with Gasteiger partial charge in [-0.15, -0.1) is 0 Å². The SMILES string of the molecule is CCC.O=C([C@H]1CC[C@@H](NC2CCOCC2)C1)N1CCc2ccc(-c3cccnc3)cc2C1. The molecule has 1 N–H and O–H groups in total. The van der Waals surface area contributed by atoms with Crippen molar-refractivity contribution in [2.45, 2.75) is 77.4 Å². The summed E-state index contributed by atoms with van der Waals surface area (Å²) >= 11 is 0. The zero-order chi connectivity index (χ0) is 23.0. The Morgan fingerprint density at radius 1 is 1.06 bits per heavy atom. The molecule has 3 heterocycles. The van der Waals surface area contributed by atoms with Gasteiger partial charge in [0.15, 0.2) is 0 Å². The quantitative estimate of drug-likeness (QED) is 0.715. The lowest BCUT2D eigenvalue weighted by molar-refractivity contribution is -0.136. The van der Waals surface area contributed by atoms with Crippen LogP contribution in [0.5, 0.6) is 0 Å². The third kappa shape index (κ3) is 6.21. The molecular weight excluding hydrogens is 410 g/mol. The average Bonchev–Trinajstić information content (AvgIpc) is 3.33. The predicted molar refractivity (Wildman–Crippen MR) is 133 cm³/mol. The summed E-state index contributed by atoms with van der Waals surface area (Å²) in [6.07, 6.45) is 11.2. The first kappa shape index (κ1) is 23.9. The fraction of sp³-hybridized carbons (Fsp3) is 0.571. The zero-order valence-corrected chi connectivity index (χ0v) is 20.3. The van der Waals surface area contributed by atoms with Crippen LogP contribution in [0.1, 0.15) is 63.5 Å². The molecular formula is C28H39N3O2. The fourth-order valence-corrected chi connectivity index (χ4v) is 5.27. The Balaban J connectivity index is 0.000000821. The number of carbonyl (C=O) groups excluding carboxylic acids is 1. The molecule has 2 aromatic rings. The van der Waals surface area contributed by atoms with Gasteiger partial charge in [-0.2, -0.15) is 0 Å². The molecule has 33 heavy (non-hydrogen) atoms. The van der Waals surface area contributed by atoms with Crippen LogP contribution in [-0.2, 0) is 22.5 Å². The number of aromatic nitrogens is 1. The normalized spacial score (nSPS) is 22.9. The van der Waals surface area contributed by atoms with Crippen LogP contribution in [0.25, 0.3) is 11.1 Å². The molecule has 0 spiro atoms. The van der Waals surface area contributed by atoms with E-state index < -0.39 is 0 Å². The monoisotopic (exact) mass is 449 g/mol. The minimum atomic E-state index is 0.172. The first-order valence-electron chi connectivity index (χ1n) is 12.8. The lowest BCUT2D eigenvalue weighted by atomic mass is 9.94. The van der Waals surface area contributed by atoms with Gasteiger partial charge in [-0.1, -0.05) is 38.5 Å². The number of rotatable bonds is 4. The van der Waals surface area contributed by atoms with Crippen molar-refractivity contribution < 1.29 is 9.53 Å². The second kappa shape index (κ2) is 11.8. The number of ether oxygens (including phenoxy) is 1. The Kier molecular flexibility index (Phi) is 8.51. The number of carbonyl (C=O) groups is 1. The van der Waals surface area contributed by atoms with Crippen LogP contribution >= 0.6 is 0 Å². The Bertz CT molecular complexity index is 895. The summed E-state index contributed by atoms with van der Waals surface area (Å²) in [6, 6.07) is 11.7. The number of nitrogens with zero attached hydrogens (tertiary/aromatic N) is 2. The predicted octanol–water partition coefficient (Wildman–Crippen LogP) is 4.99. The highest BCUT2D eigenvalue weighted by atomic mass is 16.5. The molecule has 178 valence electrons. The minimum absolute atomic E-state index is 0.172. The smallest absolute Gasteiger partial charge is 0.226 e. The molecule has 5 rings (SSSR count). The van der Waals surface area contributed by atoms with Crippen molar-refractivity contribution in [2.24, 2.45) is 5.92 Å². The molecule has 0 unspecified atom stereocenters. The molecule has 1 amide bonds. The van der Waals surface area contributed by atoms with Crippen LogP contribution in [0.4, 0.5) is 0 Å². The molecule has 1 aromatic carbocycles. The molecule has 3 aliphatic rings. The summed E-state index contributed by atoms with van der Waals surface area (Å²) in [5.41, 5.74) is 4.96. The maximum Gasteiger partial charge on any atom is 0.226 e. The molecule has 2 atom stereocenters. The lowest BCUT2D eigenvalue weighted by Gasteiger charge is -2.31. The van der Waals surface area contributed by atoms with Gasteiger partial charge in [0.1, 0.15) is 0 Å². The lowest BCUT2D eigenvalue weighted by Crippen LogP contribution is -2.42. The number of amides is 1. The van der Waals surface area contributed by atoms with Crippen molar-refractivity contribution in [3.8, 4) is 11.1 Å². The maximum absolute atomic E-state index is 13.3.